The zero-order valence-corrected chi connectivity index (χ0v) is 14.8. The first-order valence-corrected chi connectivity index (χ1v) is 9.16. The number of amides is 2. The molecule has 1 aliphatic heterocycles. The van der Waals surface area contributed by atoms with Gasteiger partial charge in [-0.15, -0.1) is 0 Å². The summed E-state index contributed by atoms with van der Waals surface area (Å²) in [5, 5.41) is 3.05. The quantitative estimate of drug-likeness (QED) is 0.815. The highest BCUT2D eigenvalue weighted by atomic mass is 16.5. The summed E-state index contributed by atoms with van der Waals surface area (Å²) in [5.41, 5.74) is 0. The molecule has 1 N–H and O–H groups in total. The second-order valence-corrected chi connectivity index (χ2v) is 7.46. The molecule has 0 aromatic heterocycles. The van der Waals surface area contributed by atoms with Gasteiger partial charge in [-0.3, -0.25) is 9.59 Å². The van der Waals surface area contributed by atoms with Gasteiger partial charge in [-0.25, -0.2) is 0 Å². The number of nitrogens with one attached hydrogen (secondary N) is 1. The molecular weight excluding hydrogens is 292 g/mol. The zero-order chi connectivity index (χ0) is 16.8. The Kier molecular flexibility index (Phi) is 6.88. The molecule has 2 rings (SSSR count). The number of morpholine rings is 1. The monoisotopic (exact) mass is 324 g/mol. The molecule has 1 unspecified atom stereocenters. The molecule has 1 aliphatic carbocycles. The van der Waals surface area contributed by atoms with E-state index in [4.69, 9.17) is 4.74 Å². The molecule has 0 spiro atoms. The maximum absolute atomic E-state index is 12.8. The Labute approximate surface area is 140 Å². The van der Waals surface area contributed by atoms with Crippen LogP contribution in [0.3, 0.4) is 0 Å². The highest BCUT2D eigenvalue weighted by molar-refractivity contribution is 5.88. The van der Waals surface area contributed by atoms with Gasteiger partial charge in [0.05, 0.1) is 13.2 Å². The van der Waals surface area contributed by atoms with E-state index in [2.05, 4.69) is 19.2 Å². The second-order valence-electron chi connectivity index (χ2n) is 7.46. The Bertz CT molecular complexity index is 399. The Morgan fingerprint density at radius 1 is 1.13 bits per heavy atom. The van der Waals surface area contributed by atoms with Gasteiger partial charge in [0.2, 0.25) is 11.8 Å². The molecule has 2 amide bonds. The topological polar surface area (TPSA) is 58.6 Å². The van der Waals surface area contributed by atoms with Crippen molar-refractivity contribution >= 4 is 11.8 Å². The smallest absolute Gasteiger partial charge is 0.245 e. The fourth-order valence-electron chi connectivity index (χ4n) is 3.67. The summed E-state index contributed by atoms with van der Waals surface area (Å²) in [6.07, 6.45) is 5.43. The van der Waals surface area contributed by atoms with Crippen molar-refractivity contribution < 1.29 is 14.3 Å². The number of hydrogen-bond donors (Lipinski definition) is 1. The highest BCUT2D eigenvalue weighted by Crippen LogP contribution is 2.31. The summed E-state index contributed by atoms with van der Waals surface area (Å²) in [6, 6.07) is -0.399. The van der Waals surface area contributed by atoms with Gasteiger partial charge in [0.25, 0.3) is 0 Å². The molecule has 5 heteroatoms. The molecule has 2 fully saturated rings. The van der Waals surface area contributed by atoms with E-state index in [1.165, 1.54) is 12.8 Å². The highest BCUT2D eigenvalue weighted by Gasteiger charge is 2.32. The summed E-state index contributed by atoms with van der Waals surface area (Å²) >= 11 is 0. The van der Waals surface area contributed by atoms with Crippen LogP contribution in [0.1, 0.15) is 52.9 Å². The maximum Gasteiger partial charge on any atom is 0.245 e. The fraction of sp³-hybridized carbons (Fsp3) is 0.889. The van der Waals surface area contributed by atoms with Gasteiger partial charge in [-0.05, 0) is 31.1 Å². The Hall–Kier alpha value is -1.10. The second kappa shape index (κ2) is 8.67. The first-order valence-electron chi connectivity index (χ1n) is 9.16. The number of rotatable bonds is 6. The molecule has 0 radical (unpaired) electrons. The average molecular weight is 324 g/mol. The van der Waals surface area contributed by atoms with Crippen LogP contribution in [-0.4, -0.2) is 49.1 Å². The largest absolute Gasteiger partial charge is 0.378 e. The summed E-state index contributed by atoms with van der Waals surface area (Å²) in [5.74, 6) is 0.947. The fourth-order valence-corrected chi connectivity index (χ4v) is 3.67. The van der Waals surface area contributed by atoms with Crippen LogP contribution in [-0.2, 0) is 14.3 Å². The van der Waals surface area contributed by atoms with Crippen LogP contribution in [0, 0.1) is 17.8 Å². The van der Waals surface area contributed by atoms with Crippen molar-refractivity contribution in [2.45, 2.75) is 58.9 Å². The minimum Gasteiger partial charge on any atom is -0.378 e. The third-order valence-electron chi connectivity index (χ3n) is 5.16. The molecule has 0 bridgehead atoms. The number of nitrogens with zero attached hydrogens (tertiary/aromatic N) is 1. The summed E-state index contributed by atoms with van der Waals surface area (Å²) in [7, 11) is 0. The summed E-state index contributed by atoms with van der Waals surface area (Å²) in [6.45, 7) is 8.62. The van der Waals surface area contributed by atoms with E-state index < -0.39 is 6.04 Å². The van der Waals surface area contributed by atoms with Crippen LogP contribution < -0.4 is 5.32 Å². The van der Waals surface area contributed by atoms with E-state index in [1.807, 2.05) is 11.8 Å². The molecule has 0 aromatic rings. The Morgan fingerprint density at radius 2 is 1.74 bits per heavy atom. The Balaban J connectivity index is 1.96. The predicted molar refractivity (Wildman–Crippen MR) is 89.9 cm³/mol. The van der Waals surface area contributed by atoms with Crippen molar-refractivity contribution in [1.29, 1.82) is 0 Å². The average Bonchev–Trinajstić information content (AvgIpc) is 3.07. The number of carbonyl (C=O) groups is 2. The minimum absolute atomic E-state index is 0.00431. The third-order valence-corrected chi connectivity index (χ3v) is 5.16. The van der Waals surface area contributed by atoms with Gasteiger partial charge in [0.15, 0.2) is 0 Å². The molecular formula is C18H32N2O3. The van der Waals surface area contributed by atoms with E-state index in [0.717, 1.165) is 12.8 Å². The maximum atomic E-state index is 12.8. The van der Waals surface area contributed by atoms with Crippen LogP contribution in [0.15, 0.2) is 0 Å². The zero-order valence-electron chi connectivity index (χ0n) is 14.8. The van der Waals surface area contributed by atoms with Gasteiger partial charge < -0.3 is 15.0 Å². The van der Waals surface area contributed by atoms with Gasteiger partial charge in [-0.2, -0.15) is 0 Å². The van der Waals surface area contributed by atoms with Gasteiger partial charge in [-0.1, -0.05) is 33.6 Å². The number of ether oxygens (including phenoxy) is 1. The van der Waals surface area contributed by atoms with E-state index in [1.54, 1.807) is 0 Å². The lowest BCUT2D eigenvalue weighted by molar-refractivity contribution is -0.141. The van der Waals surface area contributed by atoms with E-state index in [9.17, 15) is 9.59 Å². The van der Waals surface area contributed by atoms with Crippen molar-refractivity contribution in [3.05, 3.63) is 0 Å². The van der Waals surface area contributed by atoms with Crippen LogP contribution in [0.25, 0.3) is 0 Å². The summed E-state index contributed by atoms with van der Waals surface area (Å²) < 4.78 is 5.32. The van der Waals surface area contributed by atoms with Crippen LogP contribution in [0.2, 0.25) is 0 Å². The van der Waals surface area contributed by atoms with Crippen LogP contribution in [0.4, 0.5) is 0 Å². The number of hydrogen-bond acceptors (Lipinski definition) is 3. The molecule has 1 heterocycles. The minimum atomic E-state index is -0.399. The molecule has 2 atom stereocenters. The van der Waals surface area contributed by atoms with Gasteiger partial charge in [0.1, 0.15) is 6.04 Å². The lowest BCUT2D eigenvalue weighted by atomic mass is 9.91. The lowest BCUT2D eigenvalue weighted by Gasteiger charge is -2.32. The van der Waals surface area contributed by atoms with Crippen molar-refractivity contribution in [3.8, 4) is 0 Å². The van der Waals surface area contributed by atoms with E-state index in [-0.39, 0.29) is 17.7 Å². The number of carbonyl (C=O) groups excluding carboxylic acids is 2. The Morgan fingerprint density at radius 3 is 2.30 bits per heavy atom. The standard InChI is InChI=1S/C18H32N2O3/c1-13(2)12-16(18(22)20-8-10-23-11-9-20)19-17(21)14(3)15-6-4-5-7-15/h13-16H,4-12H2,1-3H3,(H,19,21)/t14?,16-/m0/s1. The van der Waals surface area contributed by atoms with E-state index >= 15 is 0 Å². The normalized spacial score (nSPS) is 22.2. The molecule has 0 aromatic carbocycles. The van der Waals surface area contributed by atoms with Gasteiger partial charge >= 0.3 is 0 Å². The molecule has 132 valence electrons. The van der Waals surface area contributed by atoms with E-state index in [0.29, 0.717) is 44.6 Å². The van der Waals surface area contributed by atoms with Crippen molar-refractivity contribution in [2.24, 2.45) is 17.8 Å². The van der Waals surface area contributed by atoms with Crippen LogP contribution in [0.5, 0.6) is 0 Å². The first kappa shape index (κ1) is 18.2. The molecule has 1 saturated heterocycles. The SMILES string of the molecule is CC(C)C[C@H](NC(=O)C(C)C1CCCC1)C(=O)N1CCOCC1. The van der Waals surface area contributed by atoms with Crippen LogP contribution >= 0.6 is 0 Å². The molecule has 23 heavy (non-hydrogen) atoms. The molecule has 5 nitrogen and oxygen atoms in total. The van der Waals surface area contributed by atoms with Crippen molar-refractivity contribution in [3.63, 3.8) is 0 Å². The third kappa shape index (κ3) is 5.20. The van der Waals surface area contributed by atoms with Crippen molar-refractivity contribution in [1.82, 2.24) is 10.2 Å². The van der Waals surface area contributed by atoms with Crippen molar-refractivity contribution in [2.75, 3.05) is 26.3 Å². The van der Waals surface area contributed by atoms with Gasteiger partial charge in [0, 0.05) is 19.0 Å². The first-order chi connectivity index (χ1) is 11.0. The molecule has 1 saturated carbocycles. The summed E-state index contributed by atoms with van der Waals surface area (Å²) in [4.78, 5) is 27.2. The molecule has 2 aliphatic rings. The predicted octanol–water partition coefficient (Wildman–Crippen LogP) is 2.20. The lowest BCUT2D eigenvalue weighted by Crippen LogP contribution is -2.53.